The standard InChI is InChI=1S/C12H21NO2/c1-8(2)15-12(14)10-6-4-9-5-7-11(10)13(9)3/h8-11H,4-7H2,1-3H3/t9-,10+,11-/m1/s1. The molecule has 2 aliphatic rings. The van der Waals surface area contributed by atoms with Crippen molar-refractivity contribution in [3.63, 3.8) is 0 Å². The van der Waals surface area contributed by atoms with E-state index in [1.54, 1.807) is 0 Å². The maximum Gasteiger partial charge on any atom is 0.310 e. The molecule has 2 saturated heterocycles. The molecule has 2 bridgehead atoms. The minimum Gasteiger partial charge on any atom is -0.463 e. The van der Waals surface area contributed by atoms with Crippen LogP contribution in [0.2, 0.25) is 0 Å². The van der Waals surface area contributed by atoms with Gasteiger partial charge in [0.25, 0.3) is 0 Å². The summed E-state index contributed by atoms with van der Waals surface area (Å²) in [5, 5.41) is 0. The number of hydrogen-bond acceptors (Lipinski definition) is 3. The average molecular weight is 211 g/mol. The average Bonchev–Trinajstić information content (AvgIpc) is 2.42. The van der Waals surface area contributed by atoms with E-state index in [0.29, 0.717) is 6.04 Å². The Labute approximate surface area is 91.8 Å². The molecule has 2 heterocycles. The van der Waals surface area contributed by atoms with Crippen LogP contribution < -0.4 is 0 Å². The summed E-state index contributed by atoms with van der Waals surface area (Å²) < 4.78 is 5.32. The molecule has 0 saturated carbocycles. The Balaban J connectivity index is 2.00. The van der Waals surface area contributed by atoms with Crippen LogP contribution >= 0.6 is 0 Å². The number of carbonyl (C=O) groups excluding carboxylic acids is 1. The van der Waals surface area contributed by atoms with E-state index in [2.05, 4.69) is 11.9 Å². The fourth-order valence-electron chi connectivity index (χ4n) is 3.03. The maximum atomic E-state index is 11.9. The van der Waals surface area contributed by atoms with Crippen LogP contribution in [-0.2, 0) is 9.53 Å². The molecule has 3 heteroatoms. The number of rotatable bonds is 2. The van der Waals surface area contributed by atoms with E-state index in [9.17, 15) is 4.79 Å². The number of carbonyl (C=O) groups is 1. The molecule has 0 aromatic carbocycles. The fourth-order valence-corrected chi connectivity index (χ4v) is 3.03. The molecular weight excluding hydrogens is 190 g/mol. The fraction of sp³-hybridized carbons (Fsp3) is 0.917. The van der Waals surface area contributed by atoms with Crippen LogP contribution in [0.4, 0.5) is 0 Å². The molecule has 0 radical (unpaired) electrons. The van der Waals surface area contributed by atoms with Gasteiger partial charge >= 0.3 is 5.97 Å². The number of esters is 1. The van der Waals surface area contributed by atoms with E-state index in [1.165, 1.54) is 12.8 Å². The van der Waals surface area contributed by atoms with Crippen LogP contribution in [-0.4, -0.2) is 36.1 Å². The van der Waals surface area contributed by atoms with Crippen molar-refractivity contribution < 1.29 is 9.53 Å². The highest BCUT2D eigenvalue weighted by Gasteiger charge is 2.43. The number of nitrogens with zero attached hydrogens (tertiary/aromatic N) is 1. The summed E-state index contributed by atoms with van der Waals surface area (Å²) >= 11 is 0. The van der Waals surface area contributed by atoms with Crippen LogP contribution in [0, 0.1) is 5.92 Å². The maximum absolute atomic E-state index is 11.9. The lowest BCUT2D eigenvalue weighted by atomic mass is 9.91. The quantitative estimate of drug-likeness (QED) is 0.652. The van der Waals surface area contributed by atoms with E-state index in [1.807, 2.05) is 13.8 Å². The van der Waals surface area contributed by atoms with E-state index in [0.717, 1.165) is 18.9 Å². The van der Waals surface area contributed by atoms with Crippen LogP contribution in [0.3, 0.4) is 0 Å². The van der Waals surface area contributed by atoms with Gasteiger partial charge in [-0.3, -0.25) is 9.69 Å². The third kappa shape index (κ3) is 2.03. The van der Waals surface area contributed by atoms with Gasteiger partial charge in [0, 0.05) is 12.1 Å². The highest BCUT2D eigenvalue weighted by molar-refractivity contribution is 5.73. The molecule has 0 N–H and O–H groups in total. The molecule has 0 amide bonds. The first-order valence-corrected chi connectivity index (χ1v) is 6.02. The molecule has 2 rings (SSSR count). The second-order valence-corrected chi connectivity index (χ2v) is 5.13. The summed E-state index contributed by atoms with van der Waals surface area (Å²) in [5.74, 6) is 0.137. The van der Waals surface area contributed by atoms with Gasteiger partial charge in [-0.15, -0.1) is 0 Å². The van der Waals surface area contributed by atoms with Crippen molar-refractivity contribution in [1.82, 2.24) is 4.90 Å². The van der Waals surface area contributed by atoms with E-state index in [4.69, 9.17) is 4.74 Å². The van der Waals surface area contributed by atoms with Crippen LogP contribution in [0.1, 0.15) is 39.5 Å². The van der Waals surface area contributed by atoms with Crippen molar-refractivity contribution in [2.45, 2.75) is 57.7 Å². The lowest BCUT2D eigenvalue weighted by molar-refractivity contribution is -0.156. The predicted octanol–water partition coefficient (Wildman–Crippen LogP) is 1.81. The lowest BCUT2D eigenvalue weighted by Gasteiger charge is -2.36. The van der Waals surface area contributed by atoms with Crippen molar-refractivity contribution in [1.29, 1.82) is 0 Å². The number of fused-ring (bicyclic) bond motifs is 2. The largest absolute Gasteiger partial charge is 0.463 e. The van der Waals surface area contributed by atoms with Gasteiger partial charge < -0.3 is 4.74 Å². The molecule has 15 heavy (non-hydrogen) atoms. The summed E-state index contributed by atoms with van der Waals surface area (Å²) in [6.45, 7) is 3.84. The van der Waals surface area contributed by atoms with Gasteiger partial charge in [-0.2, -0.15) is 0 Å². The van der Waals surface area contributed by atoms with Gasteiger partial charge in [-0.1, -0.05) is 0 Å². The molecule has 3 atom stereocenters. The molecule has 0 aliphatic carbocycles. The molecule has 2 aliphatic heterocycles. The van der Waals surface area contributed by atoms with Crippen molar-refractivity contribution in [3.8, 4) is 0 Å². The van der Waals surface area contributed by atoms with Gasteiger partial charge in [-0.25, -0.2) is 0 Å². The zero-order valence-corrected chi connectivity index (χ0v) is 9.90. The first-order chi connectivity index (χ1) is 7.09. The van der Waals surface area contributed by atoms with Gasteiger partial charge in [-0.05, 0) is 46.6 Å². The molecule has 86 valence electrons. The molecule has 0 spiro atoms. The lowest BCUT2D eigenvalue weighted by Crippen LogP contribution is -2.45. The Kier molecular flexibility index (Phi) is 3.01. The Morgan fingerprint density at radius 2 is 1.93 bits per heavy atom. The topological polar surface area (TPSA) is 29.5 Å². The minimum atomic E-state index is 0.0157. The number of ether oxygens (including phenoxy) is 1. The van der Waals surface area contributed by atoms with Crippen molar-refractivity contribution in [2.24, 2.45) is 5.92 Å². The first-order valence-electron chi connectivity index (χ1n) is 6.02. The summed E-state index contributed by atoms with van der Waals surface area (Å²) in [6, 6.07) is 1.16. The summed E-state index contributed by atoms with van der Waals surface area (Å²) in [5.41, 5.74) is 0. The van der Waals surface area contributed by atoms with Crippen molar-refractivity contribution >= 4 is 5.97 Å². The SMILES string of the molecule is CC(C)OC(=O)[C@H]1CC[C@@H]2CC[C@H]1N2C. The molecule has 3 nitrogen and oxygen atoms in total. The van der Waals surface area contributed by atoms with E-state index in [-0.39, 0.29) is 18.0 Å². The highest BCUT2D eigenvalue weighted by atomic mass is 16.5. The smallest absolute Gasteiger partial charge is 0.310 e. The second-order valence-electron chi connectivity index (χ2n) is 5.13. The minimum absolute atomic E-state index is 0.0157. The Morgan fingerprint density at radius 3 is 2.60 bits per heavy atom. The van der Waals surface area contributed by atoms with Crippen molar-refractivity contribution in [2.75, 3.05) is 7.05 Å². The van der Waals surface area contributed by atoms with Gasteiger partial charge in [0.15, 0.2) is 0 Å². The summed E-state index contributed by atoms with van der Waals surface area (Å²) in [4.78, 5) is 14.3. The summed E-state index contributed by atoms with van der Waals surface area (Å²) in [7, 11) is 2.15. The van der Waals surface area contributed by atoms with Gasteiger partial charge in [0.05, 0.1) is 12.0 Å². The van der Waals surface area contributed by atoms with E-state index < -0.39 is 0 Å². The normalized spacial score (nSPS) is 35.9. The Bertz CT molecular complexity index is 252. The first kappa shape index (κ1) is 10.9. The molecule has 0 aromatic heterocycles. The Morgan fingerprint density at radius 1 is 1.27 bits per heavy atom. The zero-order chi connectivity index (χ0) is 11.0. The zero-order valence-electron chi connectivity index (χ0n) is 9.90. The molecule has 0 unspecified atom stereocenters. The molecule has 0 aromatic rings. The van der Waals surface area contributed by atoms with Gasteiger partial charge in [0.1, 0.15) is 0 Å². The number of hydrogen-bond donors (Lipinski definition) is 0. The van der Waals surface area contributed by atoms with Crippen LogP contribution in [0.5, 0.6) is 0 Å². The molecule has 2 fully saturated rings. The summed E-state index contributed by atoms with van der Waals surface area (Å²) in [6.07, 6.45) is 4.61. The van der Waals surface area contributed by atoms with Crippen molar-refractivity contribution in [3.05, 3.63) is 0 Å². The van der Waals surface area contributed by atoms with Gasteiger partial charge in [0.2, 0.25) is 0 Å². The monoisotopic (exact) mass is 211 g/mol. The highest BCUT2D eigenvalue weighted by Crippen LogP contribution is 2.38. The molecular formula is C12H21NO2. The van der Waals surface area contributed by atoms with Crippen LogP contribution in [0.25, 0.3) is 0 Å². The second kappa shape index (κ2) is 4.12. The number of piperidine rings is 1. The predicted molar refractivity (Wildman–Crippen MR) is 58.5 cm³/mol. The third-order valence-corrected chi connectivity index (χ3v) is 3.82. The third-order valence-electron chi connectivity index (χ3n) is 3.82. The Hall–Kier alpha value is -0.570. The van der Waals surface area contributed by atoms with E-state index >= 15 is 0 Å². The van der Waals surface area contributed by atoms with Crippen LogP contribution in [0.15, 0.2) is 0 Å².